The Kier molecular flexibility index (Phi) is 5.95. The lowest BCUT2D eigenvalue weighted by Crippen LogP contribution is -2.50. The number of aryl methyl sites for hydroxylation is 1. The number of fused-ring (bicyclic) bond motifs is 1. The summed E-state index contributed by atoms with van der Waals surface area (Å²) in [7, 11) is 2.65. The minimum absolute atomic E-state index is 0.168. The summed E-state index contributed by atoms with van der Waals surface area (Å²) in [6.45, 7) is 1.76. The standard InChI is InChI=1S/C18H23NO5/c1-12(8-11-16(20)23-2)17(21)19-14-7-5-4-6-13(14)9-10-15(19)18(22)24-3/h4-7,12,15H,8-11H2,1-3H3. The van der Waals surface area contributed by atoms with Crippen molar-refractivity contribution in [2.24, 2.45) is 5.92 Å². The van der Waals surface area contributed by atoms with Gasteiger partial charge in [0.2, 0.25) is 5.91 Å². The van der Waals surface area contributed by atoms with Crippen LogP contribution >= 0.6 is 0 Å². The Labute approximate surface area is 141 Å². The Hall–Kier alpha value is -2.37. The molecule has 6 heteroatoms. The third-order valence-corrected chi connectivity index (χ3v) is 4.39. The van der Waals surface area contributed by atoms with Crippen LogP contribution in [0.5, 0.6) is 0 Å². The van der Waals surface area contributed by atoms with Crippen molar-refractivity contribution >= 4 is 23.5 Å². The summed E-state index contributed by atoms with van der Waals surface area (Å²) in [5.74, 6) is -1.35. The van der Waals surface area contributed by atoms with Gasteiger partial charge in [0.25, 0.3) is 0 Å². The van der Waals surface area contributed by atoms with Gasteiger partial charge >= 0.3 is 11.9 Å². The number of anilines is 1. The van der Waals surface area contributed by atoms with Gasteiger partial charge in [0.1, 0.15) is 6.04 Å². The number of nitrogens with zero attached hydrogens (tertiary/aromatic N) is 1. The number of esters is 2. The summed E-state index contributed by atoms with van der Waals surface area (Å²) in [6.07, 6.45) is 1.79. The highest BCUT2D eigenvalue weighted by atomic mass is 16.5. The van der Waals surface area contributed by atoms with Gasteiger partial charge in [-0.3, -0.25) is 14.5 Å². The Bertz CT molecular complexity index is 628. The van der Waals surface area contributed by atoms with Crippen LogP contribution in [-0.4, -0.2) is 38.1 Å². The average molecular weight is 333 g/mol. The van der Waals surface area contributed by atoms with Gasteiger partial charge in [0, 0.05) is 18.0 Å². The summed E-state index contributed by atoms with van der Waals surface area (Å²) in [6, 6.07) is 6.94. The van der Waals surface area contributed by atoms with Crippen LogP contribution in [0.25, 0.3) is 0 Å². The number of benzene rings is 1. The van der Waals surface area contributed by atoms with Crippen molar-refractivity contribution in [2.75, 3.05) is 19.1 Å². The van der Waals surface area contributed by atoms with Gasteiger partial charge in [0.15, 0.2) is 0 Å². The van der Waals surface area contributed by atoms with E-state index in [1.54, 1.807) is 6.92 Å². The van der Waals surface area contributed by atoms with Gasteiger partial charge in [-0.25, -0.2) is 4.79 Å². The first kappa shape index (κ1) is 18.0. The van der Waals surface area contributed by atoms with E-state index in [0.29, 0.717) is 12.8 Å². The maximum Gasteiger partial charge on any atom is 0.328 e. The molecule has 24 heavy (non-hydrogen) atoms. The fourth-order valence-corrected chi connectivity index (χ4v) is 2.98. The molecule has 0 aliphatic carbocycles. The molecule has 0 fully saturated rings. The largest absolute Gasteiger partial charge is 0.469 e. The van der Waals surface area contributed by atoms with Crippen LogP contribution in [0.15, 0.2) is 24.3 Å². The van der Waals surface area contributed by atoms with Crippen LogP contribution in [0.4, 0.5) is 5.69 Å². The van der Waals surface area contributed by atoms with E-state index in [0.717, 1.165) is 17.7 Å². The number of amides is 1. The van der Waals surface area contributed by atoms with Gasteiger partial charge in [-0.1, -0.05) is 25.1 Å². The number of hydrogen-bond donors (Lipinski definition) is 0. The highest BCUT2D eigenvalue weighted by Crippen LogP contribution is 2.32. The first-order valence-corrected chi connectivity index (χ1v) is 8.05. The number of methoxy groups -OCH3 is 2. The van der Waals surface area contributed by atoms with Crippen molar-refractivity contribution in [3.8, 4) is 0 Å². The monoisotopic (exact) mass is 333 g/mol. The molecule has 2 unspecified atom stereocenters. The molecule has 1 amide bonds. The van der Waals surface area contributed by atoms with Crippen LogP contribution in [0.1, 0.15) is 31.7 Å². The number of rotatable bonds is 5. The van der Waals surface area contributed by atoms with Crippen molar-refractivity contribution in [1.29, 1.82) is 0 Å². The second kappa shape index (κ2) is 7.95. The van der Waals surface area contributed by atoms with Crippen LogP contribution in [0.2, 0.25) is 0 Å². The average Bonchev–Trinajstić information content (AvgIpc) is 2.63. The molecular formula is C18H23NO5. The predicted molar refractivity (Wildman–Crippen MR) is 88.5 cm³/mol. The minimum Gasteiger partial charge on any atom is -0.469 e. The molecule has 0 radical (unpaired) electrons. The van der Waals surface area contributed by atoms with Crippen molar-refractivity contribution in [3.05, 3.63) is 29.8 Å². The zero-order valence-electron chi connectivity index (χ0n) is 14.3. The Morgan fingerprint density at radius 3 is 2.58 bits per heavy atom. The molecule has 2 rings (SSSR count). The van der Waals surface area contributed by atoms with E-state index >= 15 is 0 Å². The lowest BCUT2D eigenvalue weighted by atomic mass is 9.93. The minimum atomic E-state index is -0.627. The number of ether oxygens (including phenoxy) is 2. The number of carbonyl (C=O) groups excluding carboxylic acids is 3. The van der Waals surface area contributed by atoms with E-state index in [4.69, 9.17) is 4.74 Å². The molecule has 130 valence electrons. The first-order chi connectivity index (χ1) is 11.5. The van der Waals surface area contributed by atoms with Crippen molar-refractivity contribution in [3.63, 3.8) is 0 Å². The van der Waals surface area contributed by atoms with E-state index in [2.05, 4.69) is 4.74 Å². The fourth-order valence-electron chi connectivity index (χ4n) is 2.98. The maximum atomic E-state index is 13.0. The molecule has 1 aromatic carbocycles. The molecule has 1 heterocycles. The second-order valence-corrected chi connectivity index (χ2v) is 5.93. The molecule has 0 N–H and O–H groups in total. The molecule has 2 atom stereocenters. The maximum absolute atomic E-state index is 13.0. The molecule has 0 bridgehead atoms. The third kappa shape index (κ3) is 3.75. The SMILES string of the molecule is COC(=O)CCC(C)C(=O)N1c2ccccc2CCC1C(=O)OC. The van der Waals surface area contributed by atoms with E-state index in [1.807, 2.05) is 24.3 Å². The molecule has 0 aromatic heterocycles. The van der Waals surface area contributed by atoms with Crippen molar-refractivity contribution in [2.45, 2.75) is 38.6 Å². The van der Waals surface area contributed by atoms with Crippen LogP contribution in [0, 0.1) is 5.92 Å². The van der Waals surface area contributed by atoms with E-state index in [1.165, 1.54) is 19.1 Å². The smallest absolute Gasteiger partial charge is 0.328 e. The fraction of sp³-hybridized carbons (Fsp3) is 0.500. The van der Waals surface area contributed by atoms with E-state index < -0.39 is 17.9 Å². The molecule has 1 aliphatic rings. The van der Waals surface area contributed by atoms with Crippen LogP contribution in [-0.2, 0) is 30.3 Å². The van der Waals surface area contributed by atoms with E-state index in [9.17, 15) is 14.4 Å². The Morgan fingerprint density at radius 2 is 1.92 bits per heavy atom. The predicted octanol–water partition coefficient (Wildman–Crippen LogP) is 2.10. The summed E-state index contributed by atoms with van der Waals surface area (Å²) < 4.78 is 9.49. The third-order valence-electron chi connectivity index (χ3n) is 4.39. The second-order valence-electron chi connectivity index (χ2n) is 5.93. The number of hydrogen-bond acceptors (Lipinski definition) is 5. The molecular weight excluding hydrogens is 310 g/mol. The highest BCUT2D eigenvalue weighted by molar-refractivity contribution is 6.01. The first-order valence-electron chi connectivity index (χ1n) is 8.05. The van der Waals surface area contributed by atoms with Crippen LogP contribution < -0.4 is 4.90 Å². The number of carbonyl (C=O) groups is 3. The lowest BCUT2D eigenvalue weighted by Gasteiger charge is -2.37. The summed E-state index contributed by atoms with van der Waals surface area (Å²) in [4.78, 5) is 37.9. The van der Waals surface area contributed by atoms with Crippen LogP contribution in [0.3, 0.4) is 0 Å². The summed E-state index contributed by atoms with van der Waals surface area (Å²) >= 11 is 0. The quantitative estimate of drug-likeness (QED) is 0.772. The zero-order chi connectivity index (χ0) is 17.7. The normalized spacial score (nSPS) is 17.6. The van der Waals surface area contributed by atoms with Crippen molar-refractivity contribution in [1.82, 2.24) is 0 Å². The topological polar surface area (TPSA) is 72.9 Å². The van der Waals surface area contributed by atoms with Gasteiger partial charge in [-0.05, 0) is 30.9 Å². The van der Waals surface area contributed by atoms with Gasteiger partial charge in [-0.15, -0.1) is 0 Å². The lowest BCUT2D eigenvalue weighted by molar-refractivity contribution is -0.144. The molecule has 1 aliphatic heterocycles. The zero-order valence-corrected chi connectivity index (χ0v) is 14.3. The Balaban J connectivity index is 2.26. The van der Waals surface area contributed by atoms with Crippen molar-refractivity contribution < 1.29 is 23.9 Å². The number of para-hydroxylation sites is 1. The van der Waals surface area contributed by atoms with Gasteiger partial charge in [0.05, 0.1) is 14.2 Å². The highest BCUT2D eigenvalue weighted by Gasteiger charge is 2.37. The molecule has 6 nitrogen and oxygen atoms in total. The molecule has 0 saturated heterocycles. The van der Waals surface area contributed by atoms with Gasteiger partial charge in [-0.2, -0.15) is 0 Å². The molecule has 0 spiro atoms. The summed E-state index contributed by atoms with van der Waals surface area (Å²) in [5, 5.41) is 0. The van der Waals surface area contributed by atoms with Gasteiger partial charge < -0.3 is 9.47 Å². The molecule has 0 saturated carbocycles. The Morgan fingerprint density at radius 1 is 1.21 bits per heavy atom. The molecule has 1 aromatic rings. The van der Waals surface area contributed by atoms with E-state index in [-0.39, 0.29) is 18.3 Å². The summed E-state index contributed by atoms with van der Waals surface area (Å²) in [5.41, 5.74) is 1.78.